The van der Waals surface area contributed by atoms with Gasteiger partial charge in [-0.1, -0.05) is 75.6 Å². The molecule has 0 aliphatic heterocycles. The van der Waals surface area contributed by atoms with Crippen molar-refractivity contribution in [3.05, 3.63) is 59.2 Å². The fourth-order valence-corrected chi connectivity index (χ4v) is 9.58. The van der Waals surface area contributed by atoms with Crippen LogP contribution in [0.3, 0.4) is 0 Å². The van der Waals surface area contributed by atoms with Crippen LogP contribution < -0.4 is 0 Å². The van der Waals surface area contributed by atoms with E-state index in [9.17, 15) is 18.6 Å². The highest BCUT2D eigenvalue weighted by molar-refractivity contribution is 7.86. The van der Waals surface area contributed by atoms with Crippen LogP contribution in [-0.4, -0.2) is 31.3 Å². The molecule has 6 atom stereocenters. The lowest BCUT2D eigenvalue weighted by Gasteiger charge is -2.54. The molecule has 0 saturated heterocycles. The van der Waals surface area contributed by atoms with Gasteiger partial charge in [-0.15, -0.1) is 0 Å². The number of phenols is 1. The maximum Gasteiger partial charge on any atom is 0.296 e. The molecule has 0 heterocycles. The smallest absolute Gasteiger partial charge is 0.296 e. The second-order valence-electron chi connectivity index (χ2n) is 13.5. The minimum absolute atomic E-state index is 0.0590. The summed E-state index contributed by atoms with van der Waals surface area (Å²) in [6, 6.07) is 12.9. The van der Waals surface area contributed by atoms with Crippen LogP contribution >= 0.6 is 0 Å². The number of phenolic OH excluding ortho intramolecular Hbond substituents is 1. The van der Waals surface area contributed by atoms with E-state index < -0.39 is 10.1 Å². The molecule has 2 aromatic carbocycles. The Labute approximate surface area is 247 Å². The Kier molecular flexibility index (Phi) is 9.82. The summed E-state index contributed by atoms with van der Waals surface area (Å²) >= 11 is 0. The van der Waals surface area contributed by atoms with Gasteiger partial charge in [-0.3, -0.25) is 4.18 Å². The highest BCUT2D eigenvalue weighted by Gasteiger charge is 2.57. The van der Waals surface area contributed by atoms with Crippen LogP contribution in [0, 0.1) is 30.1 Å². The lowest BCUT2D eigenvalue weighted by Crippen LogP contribution is -2.47. The van der Waals surface area contributed by atoms with E-state index in [1.54, 1.807) is 24.3 Å². The Hall–Kier alpha value is -1.89. The molecule has 6 heteroatoms. The molecule has 2 saturated carbocycles. The molecule has 5 rings (SSSR count). The standard InChI is InChI=1S/C35H50O5S/c1-25-12-16-29(17-13-25)41(38,39)40-22-10-8-6-4-3-5-7-9-11-27-24-35(2)32(20-21-33(35)37)31-18-14-26-23-28(36)15-19-30(26)34(27)31/h12-13,15-17,19,23,27,31-34,36-37H,3-11,14,18,20-22,24H2,1-2H3/t27-,31-,32-,33-,34+,35-/m0/s1. The molecule has 5 nitrogen and oxygen atoms in total. The summed E-state index contributed by atoms with van der Waals surface area (Å²) in [7, 11) is -3.66. The number of hydrogen-bond acceptors (Lipinski definition) is 5. The van der Waals surface area contributed by atoms with E-state index in [0.29, 0.717) is 29.4 Å². The van der Waals surface area contributed by atoms with Crippen LogP contribution in [0.15, 0.2) is 47.4 Å². The van der Waals surface area contributed by atoms with Crippen LogP contribution in [0.25, 0.3) is 0 Å². The molecular formula is C35H50O5S. The molecule has 226 valence electrons. The van der Waals surface area contributed by atoms with Gasteiger partial charge in [0.05, 0.1) is 17.6 Å². The summed E-state index contributed by atoms with van der Waals surface area (Å²) in [5, 5.41) is 21.1. The van der Waals surface area contributed by atoms with Gasteiger partial charge < -0.3 is 10.2 Å². The number of aromatic hydroxyl groups is 1. The molecular weight excluding hydrogens is 532 g/mol. The first-order valence-electron chi connectivity index (χ1n) is 16.1. The van der Waals surface area contributed by atoms with E-state index in [1.165, 1.54) is 56.1 Å². The van der Waals surface area contributed by atoms with Crippen molar-refractivity contribution in [1.29, 1.82) is 0 Å². The largest absolute Gasteiger partial charge is 0.508 e. The third kappa shape index (κ3) is 6.86. The second kappa shape index (κ2) is 13.2. The molecule has 0 unspecified atom stereocenters. The van der Waals surface area contributed by atoms with Crippen molar-refractivity contribution >= 4 is 10.1 Å². The summed E-state index contributed by atoms with van der Waals surface area (Å²) in [5.74, 6) is 2.83. The molecule has 0 bridgehead atoms. The van der Waals surface area contributed by atoms with Gasteiger partial charge in [0.1, 0.15) is 5.75 Å². The van der Waals surface area contributed by atoms with Gasteiger partial charge in [0.15, 0.2) is 0 Å². The lowest BCUT2D eigenvalue weighted by atomic mass is 9.51. The van der Waals surface area contributed by atoms with Crippen molar-refractivity contribution in [2.24, 2.45) is 23.2 Å². The fraction of sp³-hybridized carbons (Fsp3) is 0.657. The topological polar surface area (TPSA) is 83.8 Å². The molecule has 41 heavy (non-hydrogen) atoms. The minimum Gasteiger partial charge on any atom is -0.508 e. The highest BCUT2D eigenvalue weighted by Crippen LogP contribution is 2.63. The average molecular weight is 583 g/mol. The van der Waals surface area contributed by atoms with Crippen molar-refractivity contribution in [3.63, 3.8) is 0 Å². The Morgan fingerprint density at radius 2 is 1.59 bits per heavy atom. The van der Waals surface area contributed by atoms with E-state index in [0.717, 1.165) is 50.5 Å². The van der Waals surface area contributed by atoms with Crippen molar-refractivity contribution in [3.8, 4) is 5.75 Å². The Morgan fingerprint density at radius 1 is 0.902 bits per heavy atom. The van der Waals surface area contributed by atoms with Gasteiger partial charge in [0, 0.05) is 0 Å². The van der Waals surface area contributed by atoms with Gasteiger partial charge in [-0.05, 0) is 116 Å². The van der Waals surface area contributed by atoms with Crippen molar-refractivity contribution in [2.45, 2.75) is 121 Å². The fourth-order valence-electron chi connectivity index (χ4n) is 8.64. The molecule has 2 aromatic rings. The normalized spacial score (nSPS) is 29.1. The Morgan fingerprint density at radius 3 is 2.32 bits per heavy atom. The molecule has 3 aliphatic carbocycles. The summed E-state index contributed by atoms with van der Waals surface area (Å²) < 4.78 is 29.8. The predicted octanol–water partition coefficient (Wildman–Crippen LogP) is 8.06. The quantitative estimate of drug-likeness (QED) is 0.184. The zero-order chi connectivity index (χ0) is 29.0. The molecule has 0 spiro atoms. The van der Waals surface area contributed by atoms with E-state index in [-0.39, 0.29) is 23.0 Å². The third-order valence-electron chi connectivity index (χ3n) is 10.8. The van der Waals surface area contributed by atoms with Crippen LogP contribution in [0.5, 0.6) is 5.75 Å². The number of unbranched alkanes of at least 4 members (excludes halogenated alkanes) is 7. The monoisotopic (exact) mass is 582 g/mol. The van der Waals surface area contributed by atoms with Crippen LogP contribution in [-0.2, 0) is 20.7 Å². The van der Waals surface area contributed by atoms with Gasteiger partial charge in [0.2, 0.25) is 0 Å². The van der Waals surface area contributed by atoms with Crippen LogP contribution in [0.1, 0.15) is 113 Å². The first-order valence-corrected chi connectivity index (χ1v) is 17.6. The summed E-state index contributed by atoms with van der Waals surface area (Å²) in [4.78, 5) is 0.229. The molecule has 2 N–H and O–H groups in total. The number of aryl methyl sites for hydroxylation is 2. The minimum atomic E-state index is -3.66. The number of benzene rings is 2. The van der Waals surface area contributed by atoms with Gasteiger partial charge in [-0.25, -0.2) is 0 Å². The highest BCUT2D eigenvalue weighted by atomic mass is 32.2. The molecule has 0 radical (unpaired) electrons. The molecule has 0 amide bonds. The first kappa shape index (κ1) is 30.6. The lowest BCUT2D eigenvalue weighted by molar-refractivity contribution is -0.0501. The summed E-state index contributed by atoms with van der Waals surface area (Å²) in [5.41, 5.74) is 3.91. The van der Waals surface area contributed by atoms with Gasteiger partial charge in [0.25, 0.3) is 10.1 Å². The van der Waals surface area contributed by atoms with Gasteiger partial charge in [-0.2, -0.15) is 8.42 Å². The van der Waals surface area contributed by atoms with Crippen LogP contribution in [0.4, 0.5) is 0 Å². The summed E-state index contributed by atoms with van der Waals surface area (Å²) in [6.07, 6.45) is 15.5. The van der Waals surface area contributed by atoms with E-state index in [1.807, 2.05) is 19.1 Å². The van der Waals surface area contributed by atoms with Gasteiger partial charge >= 0.3 is 0 Å². The zero-order valence-corrected chi connectivity index (χ0v) is 25.9. The Balaban J connectivity index is 1.02. The number of rotatable bonds is 13. The van der Waals surface area contributed by atoms with E-state index in [4.69, 9.17) is 4.18 Å². The first-order chi connectivity index (χ1) is 19.7. The SMILES string of the molecule is Cc1ccc(S(=O)(=O)OCCCCCCCCCC[C@H]2C[C@]3(C)[C@@H](O)CC[C@H]3[C@@H]3CCc4cc(O)ccc4[C@@H]23)cc1. The number of fused-ring (bicyclic) bond motifs is 5. The van der Waals surface area contributed by atoms with Crippen molar-refractivity contribution < 1.29 is 22.8 Å². The number of aliphatic hydroxyl groups is 1. The van der Waals surface area contributed by atoms with Crippen LogP contribution in [0.2, 0.25) is 0 Å². The van der Waals surface area contributed by atoms with E-state index >= 15 is 0 Å². The predicted molar refractivity (Wildman–Crippen MR) is 163 cm³/mol. The van der Waals surface area contributed by atoms with Crippen molar-refractivity contribution in [1.82, 2.24) is 0 Å². The maximum absolute atomic E-state index is 12.3. The number of aliphatic hydroxyl groups excluding tert-OH is 1. The Bertz CT molecular complexity index is 1260. The van der Waals surface area contributed by atoms with Crippen molar-refractivity contribution in [2.75, 3.05) is 6.61 Å². The summed E-state index contributed by atoms with van der Waals surface area (Å²) in [6.45, 7) is 4.55. The maximum atomic E-state index is 12.3. The molecule has 2 fully saturated rings. The van der Waals surface area contributed by atoms with E-state index in [2.05, 4.69) is 13.0 Å². The number of hydrogen-bond donors (Lipinski definition) is 2. The average Bonchev–Trinajstić information content (AvgIpc) is 3.25. The molecule has 3 aliphatic rings. The molecule has 0 aromatic heterocycles. The zero-order valence-electron chi connectivity index (χ0n) is 25.1. The third-order valence-corrected chi connectivity index (χ3v) is 12.1. The second-order valence-corrected chi connectivity index (χ2v) is 15.1.